The summed E-state index contributed by atoms with van der Waals surface area (Å²) in [5, 5.41) is 2.22. The second-order valence-corrected chi connectivity index (χ2v) is 8.54. The predicted octanol–water partition coefficient (Wildman–Crippen LogP) is 5.01. The van der Waals surface area contributed by atoms with Gasteiger partial charge in [-0.25, -0.2) is 9.69 Å². The topological polar surface area (TPSA) is 84.9 Å². The highest BCUT2D eigenvalue weighted by Crippen LogP contribution is 2.31. The molecule has 4 amide bonds. The van der Waals surface area contributed by atoms with Crippen LogP contribution in [0.2, 0.25) is 0 Å². The van der Waals surface area contributed by atoms with E-state index >= 15 is 0 Å². The lowest BCUT2D eigenvalue weighted by atomic mass is 10.1. The van der Waals surface area contributed by atoms with E-state index in [0.29, 0.717) is 29.4 Å². The zero-order valence-electron chi connectivity index (χ0n) is 18.5. The number of halogens is 1. The summed E-state index contributed by atoms with van der Waals surface area (Å²) in [5.41, 5.74) is 2.89. The van der Waals surface area contributed by atoms with Gasteiger partial charge in [0.1, 0.15) is 12.2 Å². The van der Waals surface area contributed by atoms with Crippen LogP contribution < -0.4 is 19.7 Å². The molecule has 1 aliphatic heterocycles. The van der Waals surface area contributed by atoms with E-state index in [0.717, 1.165) is 20.5 Å². The van der Waals surface area contributed by atoms with Gasteiger partial charge in [-0.3, -0.25) is 14.9 Å². The number of nitrogens with one attached hydrogen (secondary N) is 1. The number of carbonyl (C=O) groups excluding carboxylic acids is 3. The first-order chi connectivity index (χ1) is 16.4. The summed E-state index contributed by atoms with van der Waals surface area (Å²) < 4.78 is 12.2. The van der Waals surface area contributed by atoms with Crippen molar-refractivity contribution < 1.29 is 23.9 Å². The minimum atomic E-state index is -0.799. The Kier molecular flexibility index (Phi) is 6.79. The number of anilines is 1. The molecular weight excluding hydrogens is 500 g/mol. The summed E-state index contributed by atoms with van der Waals surface area (Å²) >= 11 is 3.32. The molecule has 3 aromatic carbocycles. The smallest absolute Gasteiger partial charge is 0.335 e. The van der Waals surface area contributed by atoms with Gasteiger partial charge in [0.25, 0.3) is 11.8 Å². The number of rotatable bonds is 6. The molecule has 0 bridgehead atoms. The van der Waals surface area contributed by atoms with Gasteiger partial charge in [0.15, 0.2) is 11.5 Å². The van der Waals surface area contributed by atoms with Gasteiger partial charge < -0.3 is 9.47 Å². The Morgan fingerprint density at radius 2 is 1.74 bits per heavy atom. The molecule has 172 valence electrons. The van der Waals surface area contributed by atoms with E-state index in [2.05, 4.69) is 21.2 Å². The van der Waals surface area contributed by atoms with Gasteiger partial charge in [-0.15, -0.1) is 0 Å². The second-order valence-electron chi connectivity index (χ2n) is 7.62. The van der Waals surface area contributed by atoms with E-state index in [9.17, 15) is 14.4 Å². The molecule has 3 aromatic rings. The first-order valence-electron chi connectivity index (χ1n) is 10.4. The second kappa shape index (κ2) is 9.93. The molecule has 0 radical (unpaired) electrons. The molecule has 1 saturated heterocycles. The maximum atomic E-state index is 13.1. The molecule has 1 fully saturated rings. The Balaban J connectivity index is 1.59. The molecule has 1 aliphatic rings. The van der Waals surface area contributed by atoms with Crippen molar-refractivity contribution in [1.82, 2.24) is 5.32 Å². The predicted molar refractivity (Wildman–Crippen MR) is 132 cm³/mol. The van der Waals surface area contributed by atoms with Gasteiger partial charge in [0, 0.05) is 4.47 Å². The third-order valence-electron chi connectivity index (χ3n) is 5.16. The van der Waals surface area contributed by atoms with E-state index in [4.69, 9.17) is 9.47 Å². The molecule has 4 rings (SSSR count). The summed E-state index contributed by atoms with van der Waals surface area (Å²) in [4.78, 5) is 38.8. The van der Waals surface area contributed by atoms with Crippen molar-refractivity contribution in [2.75, 3.05) is 12.0 Å². The molecule has 34 heavy (non-hydrogen) atoms. The molecule has 8 heteroatoms. The monoisotopic (exact) mass is 520 g/mol. The van der Waals surface area contributed by atoms with Crippen LogP contribution in [0.15, 0.2) is 76.8 Å². The maximum absolute atomic E-state index is 13.1. The van der Waals surface area contributed by atoms with Crippen molar-refractivity contribution in [3.8, 4) is 11.5 Å². The van der Waals surface area contributed by atoms with Gasteiger partial charge in [0.05, 0.1) is 12.8 Å². The number of nitrogens with zero attached hydrogens (tertiary/aromatic N) is 1. The summed E-state index contributed by atoms with van der Waals surface area (Å²) in [7, 11) is 1.51. The van der Waals surface area contributed by atoms with Crippen LogP contribution in [-0.4, -0.2) is 25.0 Å². The molecule has 0 unspecified atom stereocenters. The molecule has 1 N–H and O–H groups in total. The number of imide groups is 2. The number of amides is 4. The number of barbiturate groups is 1. The summed E-state index contributed by atoms with van der Waals surface area (Å²) in [6.45, 7) is 2.38. The highest BCUT2D eigenvalue weighted by atomic mass is 79.9. The average molecular weight is 521 g/mol. The van der Waals surface area contributed by atoms with Crippen molar-refractivity contribution in [1.29, 1.82) is 0 Å². The SMILES string of the molecule is COc1cc(/C=C2\C(=O)NC(=O)N(c3ccc(Br)cc3)C2=O)ccc1OCc1cccc(C)c1. The normalized spacial score (nSPS) is 14.9. The average Bonchev–Trinajstić information content (AvgIpc) is 2.82. The third kappa shape index (κ3) is 5.02. The van der Waals surface area contributed by atoms with E-state index < -0.39 is 17.8 Å². The lowest BCUT2D eigenvalue weighted by molar-refractivity contribution is -0.122. The van der Waals surface area contributed by atoms with Crippen LogP contribution in [0.25, 0.3) is 6.08 Å². The van der Waals surface area contributed by atoms with Crippen LogP contribution >= 0.6 is 15.9 Å². The Bertz CT molecular complexity index is 1300. The van der Waals surface area contributed by atoms with Crippen LogP contribution in [0.1, 0.15) is 16.7 Å². The van der Waals surface area contributed by atoms with Gasteiger partial charge in [-0.2, -0.15) is 0 Å². The standard InChI is InChI=1S/C26H21BrN2O5/c1-16-4-3-5-18(12-16)15-34-22-11-6-17(14-23(22)33-2)13-21-24(30)28-26(32)29(25(21)31)20-9-7-19(27)8-10-20/h3-14H,15H2,1-2H3,(H,28,30,32)/b21-13+. The van der Waals surface area contributed by atoms with Crippen LogP contribution in [0.3, 0.4) is 0 Å². The summed E-state index contributed by atoms with van der Waals surface area (Å²) in [6.07, 6.45) is 1.42. The van der Waals surface area contributed by atoms with Gasteiger partial charge >= 0.3 is 6.03 Å². The van der Waals surface area contributed by atoms with E-state index in [1.54, 1.807) is 42.5 Å². The van der Waals surface area contributed by atoms with Gasteiger partial charge in [-0.1, -0.05) is 51.8 Å². The number of hydrogen-bond acceptors (Lipinski definition) is 5. The zero-order valence-corrected chi connectivity index (χ0v) is 20.1. The summed E-state index contributed by atoms with van der Waals surface area (Å²) in [5.74, 6) is -0.499. The number of aryl methyl sites for hydroxylation is 1. The van der Waals surface area contributed by atoms with Gasteiger partial charge in [0.2, 0.25) is 0 Å². The largest absolute Gasteiger partial charge is 0.493 e. The fraction of sp³-hybridized carbons (Fsp3) is 0.115. The van der Waals surface area contributed by atoms with Crippen LogP contribution in [0, 0.1) is 6.92 Å². The molecule has 0 saturated carbocycles. The minimum absolute atomic E-state index is 0.169. The Morgan fingerprint density at radius 3 is 2.44 bits per heavy atom. The van der Waals surface area contributed by atoms with Crippen LogP contribution in [0.5, 0.6) is 11.5 Å². The first kappa shape index (κ1) is 23.3. The third-order valence-corrected chi connectivity index (χ3v) is 5.69. The van der Waals surface area contributed by atoms with Crippen molar-refractivity contribution in [2.24, 2.45) is 0 Å². The fourth-order valence-corrected chi connectivity index (χ4v) is 3.77. The first-order valence-corrected chi connectivity index (χ1v) is 11.2. The Morgan fingerprint density at radius 1 is 0.971 bits per heavy atom. The number of methoxy groups -OCH3 is 1. The highest BCUT2D eigenvalue weighted by Gasteiger charge is 2.36. The van der Waals surface area contributed by atoms with E-state index in [-0.39, 0.29) is 5.57 Å². The maximum Gasteiger partial charge on any atom is 0.335 e. The van der Waals surface area contributed by atoms with Crippen molar-refractivity contribution >= 4 is 45.5 Å². The molecule has 0 aromatic heterocycles. The number of hydrogen-bond donors (Lipinski definition) is 1. The molecule has 0 aliphatic carbocycles. The number of urea groups is 1. The Labute approximate surface area is 205 Å². The number of carbonyl (C=O) groups is 3. The molecular formula is C26H21BrN2O5. The molecule has 0 atom stereocenters. The zero-order chi connectivity index (χ0) is 24.2. The fourth-order valence-electron chi connectivity index (χ4n) is 3.50. The van der Waals surface area contributed by atoms with Crippen molar-refractivity contribution in [3.63, 3.8) is 0 Å². The van der Waals surface area contributed by atoms with Crippen molar-refractivity contribution in [2.45, 2.75) is 13.5 Å². The highest BCUT2D eigenvalue weighted by molar-refractivity contribution is 9.10. The van der Waals surface area contributed by atoms with Gasteiger partial charge in [-0.05, 0) is 60.5 Å². The van der Waals surface area contributed by atoms with Crippen LogP contribution in [-0.2, 0) is 16.2 Å². The molecule has 7 nitrogen and oxygen atoms in total. The molecule has 0 spiro atoms. The summed E-state index contributed by atoms with van der Waals surface area (Å²) in [6, 6.07) is 18.9. The van der Waals surface area contributed by atoms with Crippen molar-refractivity contribution in [3.05, 3.63) is 93.5 Å². The van der Waals surface area contributed by atoms with Crippen LogP contribution in [0.4, 0.5) is 10.5 Å². The molecule has 1 heterocycles. The number of ether oxygens (including phenoxy) is 2. The van der Waals surface area contributed by atoms with E-state index in [1.165, 1.54) is 13.2 Å². The number of benzene rings is 3. The lowest BCUT2D eigenvalue weighted by Gasteiger charge is -2.26. The minimum Gasteiger partial charge on any atom is -0.493 e. The van der Waals surface area contributed by atoms with E-state index in [1.807, 2.05) is 31.2 Å². The lowest BCUT2D eigenvalue weighted by Crippen LogP contribution is -2.54. The quantitative estimate of drug-likeness (QED) is 0.364. The Hall–Kier alpha value is -3.91.